The SMILES string of the molecule is NC(=O)OCC(N)c1ccc(F)cc1. The van der Waals surface area contributed by atoms with Crippen LogP contribution in [0.1, 0.15) is 11.6 Å². The Morgan fingerprint density at radius 3 is 2.50 bits per heavy atom. The fraction of sp³-hybridized carbons (Fsp3) is 0.222. The van der Waals surface area contributed by atoms with Crippen LogP contribution in [0.4, 0.5) is 9.18 Å². The van der Waals surface area contributed by atoms with E-state index in [2.05, 4.69) is 4.74 Å². The van der Waals surface area contributed by atoms with Crippen molar-refractivity contribution in [2.75, 3.05) is 6.61 Å². The fourth-order valence-corrected chi connectivity index (χ4v) is 0.978. The Balaban J connectivity index is 2.56. The van der Waals surface area contributed by atoms with E-state index in [9.17, 15) is 9.18 Å². The van der Waals surface area contributed by atoms with Gasteiger partial charge >= 0.3 is 6.09 Å². The molecule has 0 fully saturated rings. The Morgan fingerprint density at radius 2 is 2.00 bits per heavy atom. The van der Waals surface area contributed by atoms with Crippen molar-refractivity contribution in [2.24, 2.45) is 11.5 Å². The van der Waals surface area contributed by atoms with Crippen molar-refractivity contribution in [3.05, 3.63) is 35.6 Å². The number of carbonyl (C=O) groups is 1. The van der Waals surface area contributed by atoms with Crippen molar-refractivity contribution in [3.63, 3.8) is 0 Å². The van der Waals surface area contributed by atoms with Crippen molar-refractivity contribution in [3.8, 4) is 0 Å². The molecule has 0 aromatic heterocycles. The topological polar surface area (TPSA) is 78.3 Å². The Morgan fingerprint density at radius 1 is 1.43 bits per heavy atom. The molecule has 0 spiro atoms. The zero-order valence-corrected chi connectivity index (χ0v) is 7.44. The molecule has 0 aliphatic carbocycles. The highest BCUT2D eigenvalue weighted by molar-refractivity contribution is 5.64. The van der Waals surface area contributed by atoms with Crippen molar-refractivity contribution in [1.29, 1.82) is 0 Å². The molecule has 4 nitrogen and oxygen atoms in total. The predicted octanol–water partition coefficient (Wildman–Crippen LogP) is 0.921. The lowest BCUT2D eigenvalue weighted by Gasteiger charge is -2.10. The van der Waals surface area contributed by atoms with E-state index in [1.165, 1.54) is 24.3 Å². The van der Waals surface area contributed by atoms with Crippen LogP contribution in [0, 0.1) is 5.82 Å². The average Bonchev–Trinajstić information content (AvgIpc) is 2.15. The lowest BCUT2D eigenvalue weighted by atomic mass is 10.1. The Hall–Kier alpha value is -1.62. The molecule has 1 aromatic carbocycles. The maximum Gasteiger partial charge on any atom is 0.404 e. The number of halogens is 1. The zero-order chi connectivity index (χ0) is 10.6. The molecule has 0 saturated heterocycles. The van der Waals surface area contributed by atoms with E-state index in [0.29, 0.717) is 5.56 Å². The maximum atomic E-state index is 12.5. The van der Waals surface area contributed by atoms with E-state index < -0.39 is 12.1 Å². The number of nitrogens with two attached hydrogens (primary N) is 2. The van der Waals surface area contributed by atoms with Crippen molar-refractivity contribution < 1.29 is 13.9 Å². The van der Waals surface area contributed by atoms with E-state index in [-0.39, 0.29) is 12.4 Å². The lowest BCUT2D eigenvalue weighted by Crippen LogP contribution is -2.22. The molecule has 0 aliphatic heterocycles. The molecule has 0 radical (unpaired) electrons. The van der Waals surface area contributed by atoms with Gasteiger partial charge in [-0.1, -0.05) is 12.1 Å². The minimum atomic E-state index is -0.873. The molecule has 0 saturated carbocycles. The molecule has 1 rings (SSSR count). The van der Waals surface area contributed by atoms with Crippen LogP contribution < -0.4 is 11.5 Å². The third kappa shape index (κ3) is 3.02. The summed E-state index contributed by atoms with van der Waals surface area (Å²) < 4.78 is 17.0. The molecule has 14 heavy (non-hydrogen) atoms. The monoisotopic (exact) mass is 198 g/mol. The molecule has 0 bridgehead atoms. The molecule has 76 valence electrons. The largest absolute Gasteiger partial charge is 0.448 e. The molecule has 1 amide bonds. The van der Waals surface area contributed by atoms with Crippen LogP contribution in [0.3, 0.4) is 0 Å². The second-order valence-electron chi connectivity index (χ2n) is 2.79. The van der Waals surface area contributed by atoms with E-state index in [4.69, 9.17) is 11.5 Å². The van der Waals surface area contributed by atoms with Gasteiger partial charge in [-0.05, 0) is 17.7 Å². The first-order valence-corrected chi connectivity index (χ1v) is 4.03. The average molecular weight is 198 g/mol. The van der Waals surface area contributed by atoms with E-state index in [1.54, 1.807) is 0 Å². The normalized spacial score (nSPS) is 12.1. The van der Waals surface area contributed by atoms with E-state index in [1.807, 2.05) is 0 Å². The van der Waals surface area contributed by atoms with Crippen LogP contribution in [0.25, 0.3) is 0 Å². The van der Waals surface area contributed by atoms with Crippen LogP contribution in [0.15, 0.2) is 24.3 Å². The Kier molecular flexibility index (Phi) is 3.41. The quantitative estimate of drug-likeness (QED) is 0.758. The van der Waals surface area contributed by atoms with Gasteiger partial charge in [-0.25, -0.2) is 9.18 Å². The summed E-state index contributed by atoms with van der Waals surface area (Å²) in [5, 5.41) is 0. The maximum absolute atomic E-state index is 12.5. The molecule has 0 aliphatic rings. The molecular weight excluding hydrogens is 187 g/mol. The summed E-state index contributed by atoms with van der Waals surface area (Å²) in [5.41, 5.74) is 11.1. The van der Waals surface area contributed by atoms with Gasteiger partial charge in [0.25, 0.3) is 0 Å². The van der Waals surface area contributed by atoms with Gasteiger partial charge in [0.2, 0.25) is 0 Å². The summed E-state index contributed by atoms with van der Waals surface area (Å²) in [4.78, 5) is 10.3. The van der Waals surface area contributed by atoms with Crippen molar-refractivity contribution >= 4 is 6.09 Å². The van der Waals surface area contributed by atoms with Gasteiger partial charge in [0, 0.05) is 0 Å². The van der Waals surface area contributed by atoms with Gasteiger partial charge in [0.05, 0.1) is 6.04 Å². The number of rotatable bonds is 3. The zero-order valence-electron chi connectivity index (χ0n) is 7.44. The van der Waals surface area contributed by atoms with Gasteiger partial charge in [-0.3, -0.25) is 0 Å². The minimum Gasteiger partial charge on any atom is -0.448 e. The van der Waals surface area contributed by atoms with Gasteiger partial charge in [-0.2, -0.15) is 0 Å². The summed E-state index contributed by atoms with van der Waals surface area (Å²) in [6, 6.07) is 5.16. The highest BCUT2D eigenvalue weighted by Crippen LogP contribution is 2.11. The second kappa shape index (κ2) is 4.57. The molecule has 5 heteroatoms. The van der Waals surface area contributed by atoms with Crippen LogP contribution in [-0.4, -0.2) is 12.7 Å². The summed E-state index contributed by atoms with van der Waals surface area (Å²) in [5.74, 6) is -0.336. The van der Waals surface area contributed by atoms with Gasteiger partial charge < -0.3 is 16.2 Å². The van der Waals surface area contributed by atoms with Crippen LogP contribution in [0.2, 0.25) is 0 Å². The van der Waals surface area contributed by atoms with Crippen molar-refractivity contribution in [2.45, 2.75) is 6.04 Å². The molecule has 1 atom stereocenters. The number of benzene rings is 1. The lowest BCUT2D eigenvalue weighted by molar-refractivity contribution is 0.149. The number of ether oxygens (including phenoxy) is 1. The smallest absolute Gasteiger partial charge is 0.404 e. The number of amides is 1. The van der Waals surface area contributed by atoms with Crippen LogP contribution in [-0.2, 0) is 4.74 Å². The molecule has 1 aromatic rings. The molecule has 0 heterocycles. The van der Waals surface area contributed by atoms with Gasteiger partial charge in [0.15, 0.2) is 0 Å². The third-order valence-corrected chi connectivity index (χ3v) is 1.70. The number of hydrogen-bond acceptors (Lipinski definition) is 3. The highest BCUT2D eigenvalue weighted by Gasteiger charge is 2.07. The third-order valence-electron chi connectivity index (χ3n) is 1.70. The number of primary amides is 1. The summed E-state index contributed by atoms with van der Waals surface area (Å²) in [7, 11) is 0. The standard InChI is InChI=1S/C9H11FN2O2/c10-7-3-1-6(2-4-7)8(11)5-14-9(12)13/h1-4,8H,5,11H2,(H2,12,13). The second-order valence-corrected chi connectivity index (χ2v) is 2.79. The minimum absolute atomic E-state index is 0.0129. The summed E-state index contributed by atoms with van der Waals surface area (Å²) >= 11 is 0. The molecule has 1 unspecified atom stereocenters. The number of hydrogen-bond donors (Lipinski definition) is 2. The molecular formula is C9H11FN2O2. The van der Waals surface area contributed by atoms with Gasteiger partial charge in [-0.15, -0.1) is 0 Å². The van der Waals surface area contributed by atoms with E-state index >= 15 is 0 Å². The fourth-order valence-electron chi connectivity index (χ4n) is 0.978. The Labute approximate surface area is 80.6 Å². The highest BCUT2D eigenvalue weighted by atomic mass is 19.1. The summed E-state index contributed by atoms with van der Waals surface area (Å²) in [6.07, 6.45) is -0.873. The first-order valence-electron chi connectivity index (χ1n) is 4.03. The predicted molar refractivity (Wildman–Crippen MR) is 48.9 cm³/mol. The first kappa shape index (κ1) is 10.5. The van der Waals surface area contributed by atoms with Gasteiger partial charge in [0.1, 0.15) is 12.4 Å². The summed E-state index contributed by atoms with van der Waals surface area (Å²) in [6.45, 7) is -0.0129. The van der Waals surface area contributed by atoms with Crippen LogP contribution in [0.5, 0.6) is 0 Å². The van der Waals surface area contributed by atoms with Crippen LogP contribution >= 0.6 is 0 Å². The van der Waals surface area contributed by atoms with Crippen molar-refractivity contribution in [1.82, 2.24) is 0 Å². The molecule has 4 N–H and O–H groups in total. The van der Waals surface area contributed by atoms with E-state index in [0.717, 1.165) is 0 Å². The Bertz CT molecular complexity index is 313. The first-order chi connectivity index (χ1) is 6.59. The number of carbonyl (C=O) groups excluding carboxylic acids is 1.